The molecule has 0 amide bonds. The van der Waals surface area contributed by atoms with E-state index in [1.807, 2.05) is 24.3 Å². The molecule has 1 heteroatoms. The molecule has 0 saturated carbocycles. The van der Waals surface area contributed by atoms with Gasteiger partial charge in [-0.05, 0) is 24.6 Å². The molecule has 1 aliphatic heterocycles. The maximum absolute atomic E-state index is 6.09. The van der Waals surface area contributed by atoms with Crippen molar-refractivity contribution >= 4 is 0 Å². The van der Waals surface area contributed by atoms with Crippen LogP contribution in [-0.4, -0.2) is 0 Å². The zero-order chi connectivity index (χ0) is 14.3. The summed E-state index contributed by atoms with van der Waals surface area (Å²) in [7, 11) is 0. The summed E-state index contributed by atoms with van der Waals surface area (Å²) < 4.78 is 6.09. The van der Waals surface area contributed by atoms with Gasteiger partial charge < -0.3 is 4.74 Å². The third kappa shape index (κ3) is 1.71. The smallest absolute Gasteiger partial charge is 0.131 e. The van der Waals surface area contributed by atoms with E-state index >= 15 is 0 Å². The molecule has 0 bridgehead atoms. The van der Waals surface area contributed by atoms with Crippen molar-refractivity contribution in [3.05, 3.63) is 95.6 Å². The first-order valence-electron chi connectivity index (χ1n) is 7.22. The lowest BCUT2D eigenvalue weighted by Gasteiger charge is -2.37. The van der Waals surface area contributed by atoms with E-state index in [9.17, 15) is 0 Å². The molecule has 0 aromatic heterocycles. The second-order valence-electron chi connectivity index (χ2n) is 5.59. The highest BCUT2D eigenvalue weighted by molar-refractivity contribution is 5.62. The summed E-state index contributed by atoms with van der Waals surface area (Å²) in [5.41, 5.74) is 3.53. The van der Waals surface area contributed by atoms with Crippen LogP contribution >= 0.6 is 0 Å². The van der Waals surface area contributed by atoms with Crippen molar-refractivity contribution < 1.29 is 4.74 Å². The molecule has 0 saturated heterocycles. The quantitative estimate of drug-likeness (QED) is 0.595. The SMILES string of the molecule is CC1(c2ccccc2)c2ccccc2Oc2ccccc21. The van der Waals surface area contributed by atoms with Crippen LogP contribution in [0.25, 0.3) is 0 Å². The fraction of sp³-hybridized carbons (Fsp3) is 0.100. The zero-order valence-corrected chi connectivity index (χ0v) is 11.9. The van der Waals surface area contributed by atoms with E-state index in [0.717, 1.165) is 11.5 Å². The van der Waals surface area contributed by atoms with Gasteiger partial charge in [0, 0.05) is 16.5 Å². The molecule has 0 aliphatic carbocycles. The Bertz CT molecular complexity index is 744. The van der Waals surface area contributed by atoms with Gasteiger partial charge in [0.1, 0.15) is 11.5 Å². The first-order chi connectivity index (χ1) is 10.3. The standard InChI is InChI=1S/C20H16O/c1-20(15-9-3-2-4-10-15)16-11-5-7-13-18(16)21-19-14-8-6-12-17(19)20/h2-14H,1H3. The number of para-hydroxylation sites is 2. The summed E-state index contributed by atoms with van der Waals surface area (Å²) in [4.78, 5) is 0. The highest BCUT2D eigenvalue weighted by Crippen LogP contribution is 2.50. The molecular weight excluding hydrogens is 256 g/mol. The molecule has 4 rings (SSSR count). The monoisotopic (exact) mass is 272 g/mol. The van der Waals surface area contributed by atoms with Gasteiger partial charge >= 0.3 is 0 Å². The molecule has 102 valence electrons. The highest BCUT2D eigenvalue weighted by Gasteiger charge is 2.39. The summed E-state index contributed by atoms with van der Waals surface area (Å²) in [5, 5.41) is 0. The van der Waals surface area contributed by atoms with Crippen LogP contribution < -0.4 is 4.74 Å². The molecule has 1 aliphatic rings. The summed E-state index contributed by atoms with van der Waals surface area (Å²) in [6, 6.07) is 27.3. The Hall–Kier alpha value is -2.54. The number of benzene rings is 3. The Labute approximate surface area is 124 Å². The average Bonchev–Trinajstić information content (AvgIpc) is 2.56. The average molecular weight is 272 g/mol. The summed E-state index contributed by atoms with van der Waals surface area (Å²) >= 11 is 0. The molecule has 0 radical (unpaired) electrons. The lowest BCUT2D eigenvalue weighted by Crippen LogP contribution is -2.29. The Balaban J connectivity index is 2.06. The topological polar surface area (TPSA) is 9.23 Å². The molecule has 0 N–H and O–H groups in total. The van der Waals surface area contributed by atoms with E-state index < -0.39 is 0 Å². The Morgan fingerprint density at radius 2 is 1.10 bits per heavy atom. The van der Waals surface area contributed by atoms with E-state index in [0.29, 0.717) is 0 Å². The van der Waals surface area contributed by atoms with Crippen LogP contribution in [0.1, 0.15) is 23.6 Å². The van der Waals surface area contributed by atoms with Gasteiger partial charge in [-0.25, -0.2) is 0 Å². The van der Waals surface area contributed by atoms with Gasteiger partial charge in [0.25, 0.3) is 0 Å². The molecule has 0 atom stereocenters. The molecule has 3 aromatic carbocycles. The van der Waals surface area contributed by atoms with Crippen LogP contribution in [0, 0.1) is 0 Å². The lowest BCUT2D eigenvalue weighted by molar-refractivity contribution is 0.427. The number of hydrogen-bond acceptors (Lipinski definition) is 1. The maximum atomic E-state index is 6.09. The van der Waals surface area contributed by atoms with Crippen molar-refractivity contribution in [2.45, 2.75) is 12.3 Å². The van der Waals surface area contributed by atoms with Crippen molar-refractivity contribution in [3.8, 4) is 11.5 Å². The van der Waals surface area contributed by atoms with Gasteiger partial charge in [-0.15, -0.1) is 0 Å². The fourth-order valence-corrected chi connectivity index (χ4v) is 3.28. The second-order valence-corrected chi connectivity index (χ2v) is 5.59. The minimum atomic E-state index is -0.188. The van der Waals surface area contributed by atoms with Crippen LogP contribution in [-0.2, 0) is 5.41 Å². The number of fused-ring (bicyclic) bond motifs is 2. The van der Waals surface area contributed by atoms with E-state index in [2.05, 4.69) is 61.5 Å². The third-order valence-electron chi connectivity index (χ3n) is 4.42. The van der Waals surface area contributed by atoms with Crippen LogP contribution in [0.4, 0.5) is 0 Å². The Morgan fingerprint density at radius 3 is 1.67 bits per heavy atom. The van der Waals surface area contributed by atoms with Crippen molar-refractivity contribution in [1.82, 2.24) is 0 Å². The Kier molecular flexibility index (Phi) is 2.61. The number of hydrogen-bond donors (Lipinski definition) is 0. The summed E-state index contributed by atoms with van der Waals surface area (Å²) in [6.45, 7) is 2.28. The summed E-state index contributed by atoms with van der Waals surface area (Å²) in [6.07, 6.45) is 0. The zero-order valence-electron chi connectivity index (χ0n) is 11.9. The number of ether oxygens (including phenoxy) is 1. The molecule has 3 aromatic rings. The largest absolute Gasteiger partial charge is 0.457 e. The molecule has 1 nitrogen and oxygen atoms in total. The van der Waals surface area contributed by atoms with Gasteiger partial charge in [-0.3, -0.25) is 0 Å². The normalized spacial score (nSPS) is 14.7. The van der Waals surface area contributed by atoms with Crippen LogP contribution in [0.3, 0.4) is 0 Å². The van der Waals surface area contributed by atoms with Gasteiger partial charge in [0.05, 0.1) is 0 Å². The molecule has 21 heavy (non-hydrogen) atoms. The van der Waals surface area contributed by atoms with Gasteiger partial charge in [-0.1, -0.05) is 66.7 Å². The first-order valence-corrected chi connectivity index (χ1v) is 7.22. The predicted molar refractivity (Wildman–Crippen MR) is 85.0 cm³/mol. The van der Waals surface area contributed by atoms with E-state index in [1.54, 1.807) is 0 Å². The van der Waals surface area contributed by atoms with Crippen LogP contribution in [0.15, 0.2) is 78.9 Å². The van der Waals surface area contributed by atoms with E-state index in [4.69, 9.17) is 4.74 Å². The third-order valence-corrected chi connectivity index (χ3v) is 4.42. The highest BCUT2D eigenvalue weighted by atomic mass is 16.5. The minimum Gasteiger partial charge on any atom is -0.457 e. The van der Waals surface area contributed by atoms with E-state index in [1.165, 1.54) is 16.7 Å². The van der Waals surface area contributed by atoms with Crippen molar-refractivity contribution in [2.75, 3.05) is 0 Å². The second kappa shape index (κ2) is 4.49. The Morgan fingerprint density at radius 1 is 0.619 bits per heavy atom. The van der Waals surface area contributed by atoms with Gasteiger partial charge in [-0.2, -0.15) is 0 Å². The molecule has 0 spiro atoms. The van der Waals surface area contributed by atoms with Gasteiger partial charge in [0.2, 0.25) is 0 Å². The van der Waals surface area contributed by atoms with Crippen LogP contribution in [0.5, 0.6) is 11.5 Å². The minimum absolute atomic E-state index is 0.188. The van der Waals surface area contributed by atoms with Crippen molar-refractivity contribution in [3.63, 3.8) is 0 Å². The number of rotatable bonds is 1. The molecule has 0 fully saturated rings. The lowest BCUT2D eigenvalue weighted by atomic mass is 9.69. The van der Waals surface area contributed by atoms with Crippen LogP contribution in [0.2, 0.25) is 0 Å². The fourth-order valence-electron chi connectivity index (χ4n) is 3.28. The first kappa shape index (κ1) is 12.2. The predicted octanol–water partition coefficient (Wildman–Crippen LogP) is 5.15. The van der Waals surface area contributed by atoms with Gasteiger partial charge in [0.15, 0.2) is 0 Å². The molecule has 1 heterocycles. The maximum Gasteiger partial charge on any atom is 0.131 e. The van der Waals surface area contributed by atoms with Crippen molar-refractivity contribution in [1.29, 1.82) is 0 Å². The summed E-state index contributed by atoms with van der Waals surface area (Å²) in [5.74, 6) is 1.89. The van der Waals surface area contributed by atoms with Crippen molar-refractivity contribution in [2.24, 2.45) is 0 Å². The molecule has 0 unspecified atom stereocenters. The molecular formula is C20H16O. The van der Waals surface area contributed by atoms with E-state index in [-0.39, 0.29) is 5.41 Å².